The van der Waals surface area contributed by atoms with Crippen LogP contribution in [0, 0.1) is 6.08 Å². The number of allylic oxidation sites excluding steroid dienone is 2. The molecule has 10 heavy (non-hydrogen) atoms. The van der Waals surface area contributed by atoms with Gasteiger partial charge in [0.2, 0.25) is 0 Å². The summed E-state index contributed by atoms with van der Waals surface area (Å²) in [4.78, 5) is 0. The van der Waals surface area contributed by atoms with E-state index in [4.69, 9.17) is 0 Å². The summed E-state index contributed by atoms with van der Waals surface area (Å²) >= 11 is 0. The zero-order valence-electron chi connectivity index (χ0n) is 5.80. The second kappa shape index (κ2) is 2.30. The molecule has 0 spiro atoms. The second-order valence-electron chi connectivity index (χ2n) is 2.52. The van der Waals surface area contributed by atoms with Crippen molar-refractivity contribution in [2.45, 2.75) is 12.8 Å². The van der Waals surface area contributed by atoms with E-state index in [1.807, 2.05) is 6.07 Å². The Kier molecular flexibility index (Phi) is 1.31. The zero-order chi connectivity index (χ0) is 6.81. The predicted octanol–water partition coefficient (Wildman–Crippen LogP) is 2.67. The Morgan fingerprint density at radius 2 is 1.80 bits per heavy atom. The number of benzene rings is 1. The molecule has 0 nitrogen and oxygen atoms in total. The molecule has 0 aliphatic heterocycles. The van der Waals surface area contributed by atoms with Crippen molar-refractivity contribution in [3.8, 4) is 0 Å². The molecular formula is C10H9. The van der Waals surface area contributed by atoms with E-state index >= 15 is 0 Å². The third-order valence-electron chi connectivity index (χ3n) is 1.84. The van der Waals surface area contributed by atoms with E-state index in [1.165, 1.54) is 17.6 Å². The fourth-order valence-electron chi connectivity index (χ4n) is 1.14. The molecule has 0 heterocycles. The average molecular weight is 129 g/mol. The van der Waals surface area contributed by atoms with Gasteiger partial charge < -0.3 is 0 Å². The number of rotatable bonds is 1. The van der Waals surface area contributed by atoms with Crippen LogP contribution in [0.15, 0.2) is 30.3 Å². The first-order valence-corrected chi connectivity index (χ1v) is 3.62. The molecule has 0 unspecified atom stereocenters. The van der Waals surface area contributed by atoms with Crippen LogP contribution in [0.25, 0.3) is 5.57 Å². The van der Waals surface area contributed by atoms with Crippen LogP contribution in [-0.4, -0.2) is 0 Å². The number of hydrogen-bond acceptors (Lipinski definition) is 0. The topological polar surface area (TPSA) is 0 Å². The molecule has 0 bridgehead atoms. The van der Waals surface area contributed by atoms with Crippen LogP contribution in [-0.2, 0) is 0 Å². The van der Waals surface area contributed by atoms with Crippen molar-refractivity contribution in [2.24, 2.45) is 0 Å². The molecule has 1 aliphatic carbocycles. The minimum absolute atomic E-state index is 1.14. The molecule has 0 aromatic heterocycles. The van der Waals surface area contributed by atoms with Crippen LogP contribution >= 0.6 is 0 Å². The average Bonchev–Trinajstić information content (AvgIpc) is 1.86. The lowest BCUT2D eigenvalue weighted by Crippen LogP contribution is -1.92. The molecule has 1 aliphatic rings. The Morgan fingerprint density at radius 3 is 2.30 bits per heavy atom. The summed E-state index contributed by atoms with van der Waals surface area (Å²) in [6.07, 6.45) is 5.63. The predicted molar refractivity (Wildman–Crippen MR) is 42.3 cm³/mol. The molecule has 49 valence electrons. The molecule has 2 rings (SSSR count). The maximum atomic E-state index is 3.28. The monoisotopic (exact) mass is 129 g/mol. The maximum absolute atomic E-state index is 3.28. The van der Waals surface area contributed by atoms with E-state index in [0.29, 0.717) is 0 Å². The highest BCUT2D eigenvalue weighted by Gasteiger charge is 2.06. The zero-order valence-corrected chi connectivity index (χ0v) is 5.80. The highest BCUT2D eigenvalue weighted by Crippen LogP contribution is 2.27. The number of hydrogen-bond donors (Lipinski definition) is 0. The van der Waals surface area contributed by atoms with E-state index in [1.54, 1.807) is 0 Å². The molecule has 1 aromatic carbocycles. The van der Waals surface area contributed by atoms with Crippen molar-refractivity contribution in [1.82, 2.24) is 0 Å². The normalized spacial score (nSPS) is 15.8. The van der Waals surface area contributed by atoms with Crippen molar-refractivity contribution in [3.05, 3.63) is 42.0 Å². The van der Waals surface area contributed by atoms with Gasteiger partial charge in [0, 0.05) is 0 Å². The quantitative estimate of drug-likeness (QED) is 0.547. The fraction of sp³-hybridized carbons (Fsp3) is 0.200. The summed E-state index contributed by atoms with van der Waals surface area (Å²) in [5, 5.41) is 0. The SMILES string of the molecule is [C]1=C(c2ccccc2)CC1. The Balaban J connectivity index is 2.34. The van der Waals surface area contributed by atoms with Crippen molar-refractivity contribution in [3.63, 3.8) is 0 Å². The van der Waals surface area contributed by atoms with Gasteiger partial charge in [-0.25, -0.2) is 0 Å². The van der Waals surface area contributed by atoms with E-state index in [2.05, 4.69) is 30.3 Å². The molecule has 0 saturated heterocycles. The Hall–Kier alpha value is -1.04. The lowest BCUT2D eigenvalue weighted by atomic mass is 9.92. The summed E-state index contributed by atoms with van der Waals surface area (Å²) in [7, 11) is 0. The van der Waals surface area contributed by atoms with Gasteiger partial charge in [-0.05, 0) is 30.1 Å². The molecule has 1 radical (unpaired) electrons. The highest BCUT2D eigenvalue weighted by atomic mass is 14.1. The summed E-state index contributed by atoms with van der Waals surface area (Å²) in [6.45, 7) is 0. The van der Waals surface area contributed by atoms with Gasteiger partial charge in [0.25, 0.3) is 0 Å². The minimum Gasteiger partial charge on any atom is -0.0622 e. The van der Waals surface area contributed by atoms with Crippen LogP contribution < -0.4 is 0 Å². The molecule has 0 N–H and O–H groups in total. The first-order chi connectivity index (χ1) is 4.97. The van der Waals surface area contributed by atoms with Crippen LogP contribution in [0.4, 0.5) is 0 Å². The first kappa shape index (κ1) is 5.72. The molecular weight excluding hydrogens is 120 g/mol. The van der Waals surface area contributed by atoms with Crippen molar-refractivity contribution >= 4 is 5.57 Å². The van der Waals surface area contributed by atoms with Gasteiger partial charge in [-0.2, -0.15) is 0 Å². The van der Waals surface area contributed by atoms with Crippen molar-refractivity contribution in [1.29, 1.82) is 0 Å². The molecule has 0 atom stereocenters. The smallest absolute Gasteiger partial charge is 0.0222 e. The van der Waals surface area contributed by atoms with Crippen LogP contribution in [0.2, 0.25) is 0 Å². The van der Waals surface area contributed by atoms with E-state index in [9.17, 15) is 0 Å². The third kappa shape index (κ3) is 0.860. The molecule has 0 saturated carbocycles. The third-order valence-corrected chi connectivity index (χ3v) is 1.84. The second-order valence-corrected chi connectivity index (χ2v) is 2.52. The first-order valence-electron chi connectivity index (χ1n) is 3.62. The van der Waals surface area contributed by atoms with Crippen molar-refractivity contribution < 1.29 is 0 Å². The Bertz CT molecular complexity index is 244. The van der Waals surface area contributed by atoms with E-state index < -0.39 is 0 Å². The van der Waals surface area contributed by atoms with Gasteiger partial charge in [-0.3, -0.25) is 0 Å². The maximum Gasteiger partial charge on any atom is -0.0222 e. The van der Waals surface area contributed by atoms with E-state index in [0.717, 1.165) is 6.42 Å². The van der Waals surface area contributed by atoms with Gasteiger partial charge in [-0.15, -0.1) is 0 Å². The molecule has 1 aromatic rings. The fourth-order valence-corrected chi connectivity index (χ4v) is 1.14. The lowest BCUT2D eigenvalue weighted by Gasteiger charge is -2.12. The van der Waals surface area contributed by atoms with Gasteiger partial charge in [0.15, 0.2) is 0 Å². The standard InChI is InChI=1S/C10H9/c1-2-5-9(6-3-1)10-7-4-8-10/h1-3,5-6H,4,7H2. The van der Waals surface area contributed by atoms with Gasteiger partial charge in [0.1, 0.15) is 0 Å². The largest absolute Gasteiger partial charge is 0.0622 e. The van der Waals surface area contributed by atoms with Gasteiger partial charge in [0.05, 0.1) is 0 Å². The van der Waals surface area contributed by atoms with Crippen LogP contribution in [0.5, 0.6) is 0 Å². The summed E-state index contributed by atoms with van der Waals surface area (Å²) in [5.41, 5.74) is 2.73. The summed E-state index contributed by atoms with van der Waals surface area (Å²) in [6, 6.07) is 10.5. The van der Waals surface area contributed by atoms with Gasteiger partial charge in [-0.1, -0.05) is 30.3 Å². The molecule has 0 fully saturated rings. The lowest BCUT2D eigenvalue weighted by molar-refractivity contribution is 0.956. The van der Waals surface area contributed by atoms with E-state index in [-0.39, 0.29) is 0 Å². The summed E-state index contributed by atoms with van der Waals surface area (Å²) < 4.78 is 0. The highest BCUT2D eigenvalue weighted by molar-refractivity contribution is 5.67. The summed E-state index contributed by atoms with van der Waals surface area (Å²) in [5.74, 6) is 0. The molecule has 0 amide bonds. The Labute approximate surface area is 61.2 Å². The molecule has 0 heteroatoms. The van der Waals surface area contributed by atoms with Crippen LogP contribution in [0.1, 0.15) is 18.4 Å². The van der Waals surface area contributed by atoms with Crippen LogP contribution in [0.3, 0.4) is 0 Å². The Morgan fingerprint density at radius 1 is 1.10 bits per heavy atom. The van der Waals surface area contributed by atoms with Gasteiger partial charge >= 0.3 is 0 Å². The van der Waals surface area contributed by atoms with Crippen molar-refractivity contribution in [2.75, 3.05) is 0 Å². The minimum atomic E-state index is 1.14.